The van der Waals surface area contributed by atoms with Gasteiger partial charge < -0.3 is 9.64 Å². The molecule has 1 aromatic carbocycles. The SMILES string of the molecule is Cc1ccccc1C(C#N)C1CCN(C(=O)OC(C)(C)C)CC1. The Bertz CT molecular complexity index is 590. The van der Waals surface area contributed by atoms with Crippen LogP contribution in [0.2, 0.25) is 0 Å². The third-order valence-corrected chi connectivity index (χ3v) is 4.33. The van der Waals surface area contributed by atoms with Crippen LogP contribution >= 0.6 is 0 Å². The van der Waals surface area contributed by atoms with Gasteiger partial charge in [0.15, 0.2) is 0 Å². The number of rotatable bonds is 2. The van der Waals surface area contributed by atoms with Crippen LogP contribution in [-0.2, 0) is 4.74 Å². The molecule has 1 amide bonds. The smallest absolute Gasteiger partial charge is 0.410 e. The predicted octanol–water partition coefficient (Wildman–Crippen LogP) is 4.25. The van der Waals surface area contributed by atoms with E-state index in [1.807, 2.05) is 39.0 Å². The number of benzene rings is 1. The lowest BCUT2D eigenvalue weighted by molar-refractivity contribution is 0.0180. The number of hydrogen-bond acceptors (Lipinski definition) is 3. The van der Waals surface area contributed by atoms with Crippen molar-refractivity contribution < 1.29 is 9.53 Å². The zero-order chi connectivity index (χ0) is 17.0. The molecule has 1 aliphatic rings. The van der Waals surface area contributed by atoms with Gasteiger partial charge in [-0.05, 0) is 57.6 Å². The maximum Gasteiger partial charge on any atom is 0.410 e. The molecule has 1 unspecified atom stereocenters. The molecule has 0 radical (unpaired) electrons. The number of nitrogens with zero attached hydrogens (tertiary/aromatic N) is 2. The molecule has 0 spiro atoms. The van der Waals surface area contributed by atoms with Crippen LogP contribution in [0.1, 0.15) is 50.7 Å². The van der Waals surface area contributed by atoms with Gasteiger partial charge in [0, 0.05) is 13.1 Å². The molecule has 0 aliphatic carbocycles. The second kappa shape index (κ2) is 7.04. The molecule has 0 aromatic heterocycles. The number of nitriles is 1. The Hall–Kier alpha value is -2.02. The molecule has 4 nitrogen and oxygen atoms in total. The second-order valence-corrected chi connectivity index (χ2v) is 7.27. The lowest BCUT2D eigenvalue weighted by atomic mass is 9.79. The summed E-state index contributed by atoms with van der Waals surface area (Å²) in [5.74, 6) is 0.191. The van der Waals surface area contributed by atoms with E-state index >= 15 is 0 Å². The summed E-state index contributed by atoms with van der Waals surface area (Å²) in [4.78, 5) is 13.9. The minimum Gasteiger partial charge on any atom is -0.444 e. The lowest BCUT2D eigenvalue weighted by Crippen LogP contribution is -2.42. The number of hydrogen-bond donors (Lipinski definition) is 0. The zero-order valence-electron chi connectivity index (χ0n) is 14.5. The van der Waals surface area contributed by atoms with Crippen molar-refractivity contribution in [2.24, 2.45) is 5.92 Å². The molecule has 1 fully saturated rings. The van der Waals surface area contributed by atoms with Gasteiger partial charge in [0.1, 0.15) is 5.60 Å². The molecule has 2 rings (SSSR count). The van der Waals surface area contributed by atoms with Gasteiger partial charge >= 0.3 is 6.09 Å². The maximum atomic E-state index is 12.1. The first-order chi connectivity index (χ1) is 10.8. The minimum absolute atomic E-state index is 0.100. The van der Waals surface area contributed by atoms with Crippen LogP contribution in [0.4, 0.5) is 4.79 Å². The molecule has 4 heteroatoms. The predicted molar refractivity (Wildman–Crippen MR) is 90.1 cm³/mol. The number of likely N-dealkylation sites (tertiary alicyclic amines) is 1. The van der Waals surface area contributed by atoms with Crippen molar-refractivity contribution in [2.45, 2.75) is 52.1 Å². The standard InChI is InChI=1S/C19H26N2O2/c1-14-7-5-6-8-16(14)17(13-20)15-9-11-21(12-10-15)18(22)23-19(2,3)4/h5-8,15,17H,9-12H2,1-4H3. The van der Waals surface area contributed by atoms with Gasteiger partial charge in [0.05, 0.1) is 12.0 Å². The second-order valence-electron chi connectivity index (χ2n) is 7.27. The highest BCUT2D eigenvalue weighted by atomic mass is 16.6. The van der Waals surface area contributed by atoms with E-state index in [9.17, 15) is 10.1 Å². The topological polar surface area (TPSA) is 53.3 Å². The van der Waals surface area contributed by atoms with Crippen molar-refractivity contribution in [1.82, 2.24) is 4.90 Å². The lowest BCUT2D eigenvalue weighted by Gasteiger charge is -2.35. The van der Waals surface area contributed by atoms with Crippen LogP contribution in [0, 0.1) is 24.2 Å². The van der Waals surface area contributed by atoms with Crippen LogP contribution in [0.5, 0.6) is 0 Å². The summed E-state index contributed by atoms with van der Waals surface area (Å²) < 4.78 is 5.42. The molecular formula is C19H26N2O2. The summed E-state index contributed by atoms with van der Waals surface area (Å²) in [5.41, 5.74) is 1.81. The Morgan fingerprint density at radius 3 is 2.43 bits per heavy atom. The average Bonchev–Trinajstić information content (AvgIpc) is 2.49. The van der Waals surface area contributed by atoms with Gasteiger partial charge in [-0.2, -0.15) is 5.26 Å². The van der Waals surface area contributed by atoms with Crippen molar-refractivity contribution in [3.05, 3.63) is 35.4 Å². The molecule has 0 N–H and O–H groups in total. The molecule has 124 valence electrons. The van der Waals surface area contributed by atoms with Crippen LogP contribution in [0.25, 0.3) is 0 Å². The number of amides is 1. The van der Waals surface area contributed by atoms with E-state index < -0.39 is 5.60 Å². The van der Waals surface area contributed by atoms with Crippen LogP contribution < -0.4 is 0 Å². The number of carbonyl (C=O) groups excluding carboxylic acids is 1. The highest BCUT2D eigenvalue weighted by Gasteiger charge is 2.31. The largest absolute Gasteiger partial charge is 0.444 e. The Morgan fingerprint density at radius 2 is 1.91 bits per heavy atom. The Morgan fingerprint density at radius 1 is 1.30 bits per heavy atom. The van der Waals surface area contributed by atoms with E-state index in [4.69, 9.17) is 4.74 Å². The summed E-state index contributed by atoms with van der Waals surface area (Å²) in [7, 11) is 0. The Balaban J connectivity index is 2.00. The van der Waals surface area contributed by atoms with E-state index in [1.54, 1.807) is 4.90 Å². The summed E-state index contributed by atoms with van der Waals surface area (Å²) in [6.07, 6.45) is 1.43. The molecule has 0 saturated carbocycles. The van der Waals surface area contributed by atoms with E-state index in [1.165, 1.54) is 0 Å². The normalized spacial score (nSPS) is 17.4. The number of aryl methyl sites for hydroxylation is 1. The van der Waals surface area contributed by atoms with E-state index in [0.29, 0.717) is 19.0 Å². The van der Waals surface area contributed by atoms with Crippen LogP contribution in [0.3, 0.4) is 0 Å². The van der Waals surface area contributed by atoms with Gasteiger partial charge in [0.25, 0.3) is 0 Å². The van der Waals surface area contributed by atoms with Gasteiger partial charge in [-0.25, -0.2) is 4.79 Å². The van der Waals surface area contributed by atoms with Gasteiger partial charge in [-0.1, -0.05) is 24.3 Å². The summed E-state index contributed by atoms with van der Waals surface area (Å²) in [6, 6.07) is 10.6. The summed E-state index contributed by atoms with van der Waals surface area (Å²) in [5, 5.41) is 9.63. The van der Waals surface area contributed by atoms with E-state index in [-0.39, 0.29) is 12.0 Å². The first-order valence-corrected chi connectivity index (χ1v) is 8.25. The van der Waals surface area contributed by atoms with Crippen molar-refractivity contribution in [1.29, 1.82) is 5.26 Å². The average molecular weight is 314 g/mol. The van der Waals surface area contributed by atoms with E-state index in [0.717, 1.165) is 24.0 Å². The zero-order valence-corrected chi connectivity index (χ0v) is 14.5. The van der Waals surface area contributed by atoms with Gasteiger partial charge in [-0.3, -0.25) is 0 Å². The molecule has 1 saturated heterocycles. The number of piperidine rings is 1. The van der Waals surface area contributed by atoms with Crippen LogP contribution in [-0.4, -0.2) is 29.7 Å². The minimum atomic E-state index is -0.468. The molecule has 1 heterocycles. The van der Waals surface area contributed by atoms with Crippen molar-refractivity contribution in [3.8, 4) is 6.07 Å². The van der Waals surface area contributed by atoms with Crippen molar-refractivity contribution in [3.63, 3.8) is 0 Å². The fraction of sp³-hybridized carbons (Fsp3) is 0.579. The maximum absolute atomic E-state index is 12.1. The van der Waals surface area contributed by atoms with Crippen LogP contribution in [0.15, 0.2) is 24.3 Å². The first-order valence-electron chi connectivity index (χ1n) is 8.25. The number of ether oxygens (including phenoxy) is 1. The van der Waals surface area contributed by atoms with Crippen molar-refractivity contribution >= 4 is 6.09 Å². The molecular weight excluding hydrogens is 288 g/mol. The molecule has 1 aliphatic heterocycles. The number of carbonyl (C=O) groups is 1. The molecule has 0 bridgehead atoms. The highest BCUT2D eigenvalue weighted by Crippen LogP contribution is 2.34. The fourth-order valence-electron chi connectivity index (χ4n) is 3.11. The van der Waals surface area contributed by atoms with E-state index in [2.05, 4.69) is 19.1 Å². The Labute approximate surface area is 139 Å². The summed E-state index contributed by atoms with van der Waals surface area (Å²) >= 11 is 0. The molecule has 1 atom stereocenters. The first kappa shape index (κ1) is 17.3. The Kier molecular flexibility index (Phi) is 5.30. The van der Waals surface area contributed by atoms with Gasteiger partial charge in [0.2, 0.25) is 0 Å². The fourth-order valence-corrected chi connectivity index (χ4v) is 3.11. The third-order valence-electron chi connectivity index (χ3n) is 4.33. The molecule has 23 heavy (non-hydrogen) atoms. The highest BCUT2D eigenvalue weighted by molar-refractivity contribution is 5.68. The van der Waals surface area contributed by atoms with Crippen molar-refractivity contribution in [2.75, 3.05) is 13.1 Å². The summed E-state index contributed by atoms with van der Waals surface area (Å²) in [6.45, 7) is 8.99. The molecule has 1 aromatic rings. The quantitative estimate of drug-likeness (QED) is 0.820. The van der Waals surface area contributed by atoms with Gasteiger partial charge in [-0.15, -0.1) is 0 Å². The monoisotopic (exact) mass is 314 g/mol. The third kappa shape index (κ3) is 4.48.